The van der Waals surface area contributed by atoms with Gasteiger partial charge in [0, 0.05) is 36.5 Å². The lowest BCUT2D eigenvalue weighted by Crippen LogP contribution is -2.43. The molecule has 0 saturated heterocycles. The van der Waals surface area contributed by atoms with Crippen molar-refractivity contribution in [1.82, 2.24) is 15.5 Å². The lowest BCUT2D eigenvalue weighted by molar-refractivity contribution is -0.147. The van der Waals surface area contributed by atoms with Gasteiger partial charge in [0.2, 0.25) is 17.9 Å². The summed E-state index contributed by atoms with van der Waals surface area (Å²) in [5.74, 6) is -3.36. The summed E-state index contributed by atoms with van der Waals surface area (Å²) in [6.45, 7) is 1.81. The van der Waals surface area contributed by atoms with Gasteiger partial charge in [-0.05, 0) is 72.9 Å². The van der Waals surface area contributed by atoms with E-state index in [4.69, 9.17) is 9.84 Å². The Morgan fingerprint density at radius 3 is 2.21 bits per heavy atom. The zero-order valence-electron chi connectivity index (χ0n) is 21.4. The molecule has 210 valence electrons. The average Bonchev–Trinajstić information content (AvgIpc) is 2.84. The van der Waals surface area contributed by atoms with Gasteiger partial charge in [-0.15, -0.1) is 0 Å². The standard InChI is InChI=1S/C25H34IN3O9/c1-16(30)6-11-19(23(33)34)28-25(37)38-20(24(35)36)5-3-4-13-27-21(31)12-14-29(2)22(32)15-17-7-9-18(26)10-8-17/h7-10,19-20H,3-6,11-15H2,1-2H3,(H,27,31)(H,28,37)(H,33,34)(H,35,36)/t19-,20-/m0/s1/i26+4. The number of carbonyl (C=O) groups is 6. The van der Waals surface area contributed by atoms with E-state index in [0.29, 0.717) is 12.8 Å². The molecule has 38 heavy (non-hydrogen) atoms. The number of carboxylic acid groups (broad SMARTS) is 2. The molecule has 0 spiro atoms. The van der Waals surface area contributed by atoms with Gasteiger partial charge in [0.15, 0.2) is 0 Å². The number of amides is 3. The van der Waals surface area contributed by atoms with E-state index in [0.717, 1.165) is 9.13 Å². The minimum atomic E-state index is -1.50. The van der Waals surface area contributed by atoms with Crippen LogP contribution in [0.5, 0.6) is 0 Å². The first-order chi connectivity index (χ1) is 17.9. The molecular weight excluding hydrogens is 617 g/mol. The van der Waals surface area contributed by atoms with Crippen molar-refractivity contribution in [3.8, 4) is 0 Å². The number of ether oxygens (including phenoxy) is 1. The number of carboxylic acids is 2. The summed E-state index contributed by atoms with van der Waals surface area (Å²) in [7, 11) is 1.63. The molecule has 0 aliphatic carbocycles. The van der Waals surface area contributed by atoms with Gasteiger partial charge in [-0.3, -0.25) is 9.59 Å². The molecule has 1 aromatic rings. The predicted molar refractivity (Wildman–Crippen MR) is 144 cm³/mol. The first-order valence-electron chi connectivity index (χ1n) is 12.1. The first kappa shape index (κ1) is 32.8. The van der Waals surface area contributed by atoms with Gasteiger partial charge in [0.25, 0.3) is 0 Å². The number of unbranched alkanes of at least 4 members (excludes halogenated alkanes) is 1. The zero-order chi connectivity index (χ0) is 28.7. The lowest BCUT2D eigenvalue weighted by atomic mass is 10.1. The van der Waals surface area contributed by atoms with Crippen molar-refractivity contribution in [1.29, 1.82) is 0 Å². The van der Waals surface area contributed by atoms with E-state index < -0.39 is 30.2 Å². The Balaban J connectivity index is 2.31. The number of nitrogens with zero attached hydrogens (tertiary/aromatic N) is 1. The zero-order valence-corrected chi connectivity index (χ0v) is 23.6. The molecule has 0 aliphatic heterocycles. The van der Waals surface area contributed by atoms with Gasteiger partial charge in [0.1, 0.15) is 11.8 Å². The summed E-state index contributed by atoms with van der Waals surface area (Å²) in [6.07, 6.45) is -1.87. The summed E-state index contributed by atoms with van der Waals surface area (Å²) in [5.41, 5.74) is 0.891. The molecule has 2 atom stereocenters. The molecule has 13 heteroatoms. The minimum absolute atomic E-state index is 0.0421. The van der Waals surface area contributed by atoms with Crippen LogP contribution in [0.25, 0.3) is 0 Å². The molecule has 0 unspecified atom stereocenters. The molecule has 0 aromatic heterocycles. The quantitative estimate of drug-likeness (QED) is 0.145. The number of alkyl carbamates (subject to hydrolysis) is 1. The van der Waals surface area contributed by atoms with Crippen molar-refractivity contribution in [2.75, 3.05) is 20.1 Å². The molecule has 1 aromatic carbocycles. The highest BCUT2D eigenvalue weighted by Gasteiger charge is 2.26. The molecule has 0 radical (unpaired) electrons. The fourth-order valence-electron chi connectivity index (χ4n) is 3.22. The summed E-state index contributed by atoms with van der Waals surface area (Å²) < 4.78 is 5.92. The maximum Gasteiger partial charge on any atom is 0.408 e. The second-order valence-electron chi connectivity index (χ2n) is 8.72. The van der Waals surface area contributed by atoms with Crippen LogP contribution in [0.3, 0.4) is 0 Å². The molecule has 3 amide bonds. The fraction of sp³-hybridized carbons (Fsp3) is 0.520. The highest BCUT2D eigenvalue weighted by molar-refractivity contribution is 14.1. The summed E-state index contributed by atoms with van der Waals surface area (Å²) >= 11 is 2.19. The molecule has 0 fully saturated rings. The largest absolute Gasteiger partial charge is 0.480 e. The van der Waals surface area contributed by atoms with E-state index in [-0.39, 0.29) is 62.8 Å². The third-order valence-electron chi connectivity index (χ3n) is 5.48. The Bertz CT molecular complexity index is 985. The van der Waals surface area contributed by atoms with Crippen LogP contribution in [0.4, 0.5) is 4.79 Å². The van der Waals surface area contributed by atoms with Crippen LogP contribution in [0.1, 0.15) is 51.0 Å². The maximum atomic E-state index is 12.3. The number of carbonyl (C=O) groups excluding carboxylic acids is 4. The fourth-order valence-corrected chi connectivity index (χ4v) is 3.58. The SMILES string of the molecule is CC(=O)CC[C@H](NC(=O)O[C@@H](CCCCNC(=O)CCN(C)C(=O)Cc1ccc([131I])cc1)C(=O)O)C(=O)O. The third-order valence-corrected chi connectivity index (χ3v) is 6.20. The summed E-state index contributed by atoms with van der Waals surface area (Å²) in [5, 5.41) is 23.2. The van der Waals surface area contributed by atoms with E-state index in [9.17, 15) is 33.9 Å². The van der Waals surface area contributed by atoms with Crippen molar-refractivity contribution in [3.05, 3.63) is 33.4 Å². The number of ketones is 1. The number of nitrogens with one attached hydrogen (secondary N) is 2. The molecule has 0 aliphatic rings. The Morgan fingerprint density at radius 2 is 1.63 bits per heavy atom. The van der Waals surface area contributed by atoms with Crippen molar-refractivity contribution in [2.24, 2.45) is 0 Å². The number of benzene rings is 1. The van der Waals surface area contributed by atoms with Gasteiger partial charge in [-0.2, -0.15) is 0 Å². The highest BCUT2D eigenvalue weighted by Crippen LogP contribution is 2.09. The first-order valence-corrected chi connectivity index (χ1v) is 13.1. The molecule has 0 saturated carbocycles. The van der Waals surface area contributed by atoms with Gasteiger partial charge in [-0.25, -0.2) is 14.4 Å². The number of halogens is 1. The Labute approximate surface area is 234 Å². The van der Waals surface area contributed by atoms with Gasteiger partial charge >= 0.3 is 18.0 Å². The molecule has 0 heterocycles. The normalized spacial score (nSPS) is 12.1. The molecular formula is C25H34IN3O9. The molecule has 0 bridgehead atoms. The van der Waals surface area contributed by atoms with E-state index in [2.05, 4.69) is 33.2 Å². The van der Waals surface area contributed by atoms with Crippen molar-refractivity contribution in [2.45, 2.75) is 64.0 Å². The Hall–Kier alpha value is -3.23. The van der Waals surface area contributed by atoms with Crippen LogP contribution in [-0.2, 0) is 35.1 Å². The molecule has 12 nitrogen and oxygen atoms in total. The van der Waals surface area contributed by atoms with Crippen molar-refractivity contribution < 1.29 is 43.7 Å². The smallest absolute Gasteiger partial charge is 0.408 e. The topological polar surface area (TPSA) is 179 Å². The van der Waals surface area contributed by atoms with Crippen LogP contribution in [0.2, 0.25) is 0 Å². The number of hydrogen-bond acceptors (Lipinski definition) is 7. The number of hydrogen-bond donors (Lipinski definition) is 4. The summed E-state index contributed by atoms with van der Waals surface area (Å²) in [4.78, 5) is 71.5. The van der Waals surface area contributed by atoms with E-state index in [1.165, 1.54) is 11.8 Å². The number of aliphatic carboxylic acids is 2. The average molecular weight is 651 g/mol. The minimum Gasteiger partial charge on any atom is -0.480 e. The Morgan fingerprint density at radius 1 is 0.974 bits per heavy atom. The van der Waals surface area contributed by atoms with Crippen LogP contribution in [-0.4, -0.2) is 83.0 Å². The number of Topliss-reactive ketones (excluding diaryl/α,β-unsaturated/α-hetero) is 1. The second-order valence-corrected chi connectivity index (χ2v) is 9.97. The second kappa shape index (κ2) is 17.3. The number of rotatable bonds is 17. The summed E-state index contributed by atoms with van der Waals surface area (Å²) in [6, 6.07) is 6.23. The van der Waals surface area contributed by atoms with Crippen LogP contribution in [0, 0.1) is 3.57 Å². The van der Waals surface area contributed by atoms with Gasteiger partial charge in [-0.1, -0.05) is 12.1 Å². The molecule has 1 rings (SSSR count). The van der Waals surface area contributed by atoms with E-state index in [1.54, 1.807) is 7.05 Å². The van der Waals surface area contributed by atoms with E-state index >= 15 is 0 Å². The predicted octanol–water partition coefficient (Wildman–Crippen LogP) is 1.97. The van der Waals surface area contributed by atoms with Crippen LogP contribution >= 0.6 is 22.6 Å². The molecule has 4 N–H and O–H groups in total. The highest BCUT2D eigenvalue weighted by atomic mass is 131. The lowest BCUT2D eigenvalue weighted by Gasteiger charge is -2.18. The van der Waals surface area contributed by atoms with E-state index in [1.807, 2.05) is 24.3 Å². The van der Waals surface area contributed by atoms with Crippen molar-refractivity contribution in [3.63, 3.8) is 0 Å². The van der Waals surface area contributed by atoms with Crippen molar-refractivity contribution >= 4 is 58.2 Å². The van der Waals surface area contributed by atoms with Crippen LogP contribution in [0.15, 0.2) is 24.3 Å². The van der Waals surface area contributed by atoms with Crippen LogP contribution < -0.4 is 10.6 Å². The van der Waals surface area contributed by atoms with Gasteiger partial charge < -0.3 is 35.3 Å². The monoisotopic (exact) mass is 651 g/mol. The Kier molecular flexibility index (Phi) is 14.9. The van der Waals surface area contributed by atoms with Gasteiger partial charge in [0.05, 0.1) is 6.42 Å². The maximum absolute atomic E-state index is 12.3. The number of likely N-dealkylation sites (N-methyl/N-ethyl adjacent to an activating group) is 1. The third kappa shape index (κ3) is 13.9.